The molecule has 0 aliphatic carbocycles. The van der Waals surface area contributed by atoms with E-state index in [1.54, 1.807) is 0 Å². The third-order valence-electron chi connectivity index (χ3n) is 10.2. The fourth-order valence-corrected chi connectivity index (χ4v) is 7.58. The predicted molar refractivity (Wildman–Crippen MR) is 170 cm³/mol. The summed E-state index contributed by atoms with van der Waals surface area (Å²) in [5.74, 6) is 1.22. The molecule has 4 fully saturated rings. The van der Waals surface area contributed by atoms with Crippen LogP contribution < -0.4 is 9.80 Å². The quantitative estimate of drug-likeness (QED) is 0.498. The molecule has 0 spiro atoms. The summed E-state index contributed by atoms with van der Waals surface area (Å²) in [6.07, 6.45) is 8.90. The van der Waals surface area contributed by atoms with E-state index in [1.807, 2.05) is 6.20 Å². The van der Waals surface area contributed by atoms with E-state index in [4.69, 9.17) is 4.74 Å². The minimum Gasteiger partial charge on any atom is -0.387 e. The molecular weight excluding hydrogens is 524 g/mol. The Hall–Kier alpha value is -2.26. The molecular formula is C34H52N6O2. The molecule has 42 heavy (non-hydrogen) atoms. The summed E-state index contributed by atoms with van der Waals surface area (Å²) in [7, 11) is 0. The Kier molecular flexibility index (Phi) is 9.06. The third-order valence-corrected chi connectivity index (χ3v) is 10.2. The number of ether oxygens (including phenoxy) is 1. The molecule has 4 saturated heterocycles. The first-order chi connectivity index (χ1) is 20.3. The van der Waals surface area contributed by atoms with Crippen molar-refractivity contribution in [2.24, 2.45) is 5.92 Å². The molecule has 0 aromatic carbocycles. The van der Waals surface area contributed by atoms with Crippen LogP contribution in [0, 0.1) is 5.92 Å². The SMILES string of the molecule is CC(C)c1ccc(N2CCC(N3CCOC(CN4CC(O)(C5CCCN(c6ccc(C(C)C)nc6)C5)C4)C3)CC2)cn1. The number of aliphatic hydroxyl groups is 1. The van der Waals surface area contributed by atoms with Crippen LogP contribution in [-0.4, -0.2) is 108 Å². The van der Waals surface area contributed by atoms with Crippen LogP contribution in [0.15, 0.2) is 36.7 Å². The lowest BCUT2D eigenvalue weighted by Crippen LogP contribution is -2.69. The minimum absolute atomic E-state index is 0.225. The molecule has 2 unspecified atom stereocenters. The lowest BCUT2D eigenvalue weighted by molar-refractivity contribution is -0.155. The topological polar surface area (TPSA) is 68.2 Å². The number of likely N-dealkylation sites (tertiary alicyclic amines) is 1. The zero-order valence-corrected chi connectivity index (χ0v) is 26.3. The highest BCUT2D eigenvalue weighted by Crippen LogP contribution is 2.36. The lowest BCUT2D eigenvalue weighted by atomic mass is 9.76. The maximum atomic E-state index is 11.6. The maximum absolute atomic E-state index is 11.6. The summed E-state index contributed by atoms with van der Waals surface area (Å²) in [4.78, 5) is 19.4. The molecule has 2 atom stereocenters. The zero-order chi connectivity index (χ0) is 29.3. The van der Waals surface area contributed by atoms with Crippen LogP contribution >= 0.6 is 0 Å². The predicted octanol–water partition coefficient (Wildman–Crippen LogP) is 4.36. The van der Waals surface area contributed by atoms with Crippen LogP contribution in [0.1, 0.15) is 76.6 Å². The second-order valence-electron chi connectivity index (χ2n) is 14.0. The van der Waals surface area contributed by atoms with Crippen LogP contribution in [0.2, 0.25) is 0 Å². The maximum Gasteiger partial charge on any atom is 0.0944 e. The van der Waals surface area contributed by atoms with Crippen molar-refractivity contribution in [2.45, 2.75) is 83.0 Å². The molecule has 4 aliphatic heterocycles. The molecule has 8 heteroatoms. The Bertz CT molecular complexity index is 1140. The van der Waals surface area contributed by atoms with Gasteiger partial charge in [-0.15, -0.1) is 0 Å². The normalized spacial score (nSPS) is 26.2. The minimum atomic E-state index is -0.590. The van der Waals surface area contributed by atoms with Crippen LogP contribution in [0.4, 0.5) is 11.4 Å². The number of piperidine rings is 2. The standard InChI is InChI=1S/C34H52N6O2/c1-25(2)32-9-7-29(18-35-32)38-14-11-28(12-15-38)40-16-17-42-31(22-40)21-37-23-34(41,24-37)27-6-5-13-39(20-27)30-8-10-33(26(3)4)36-19-30/h7-10,18-19,25-28,31,41H,5-6,11-17,20-24H2,1-4H3. The fraction of sp³-hybridized carbons (Fsp3) is 0.706. The van der Waals surface area contributed by atoms with E-state index in [1.165, 1.54) is 29.9 Å². The first-order valence-electron chi connectivity index (χ1n) is 16.5. The largest absolute Gasteiger partial charge is 0.387 e. The number of nitrogens with zero attached hydrogens (tertiary/aromatic N) is 6. The average Bonchev–Trinajstić information content (AvgIpc) is 3.00. The van der Waals surface area contributed by atoms with Crippen molar-refractivity contribution in [3.8, 4) is 0 Å². The molecule has 2 aromatic rings. The van der Waals surface area contributed by atoms with Crippen molar-refractivity contribution in [3.05, 3.63) is 48.0 Å². The van der Waals surface area contributed by atoms with Gasteiger partial charge in [-0.25, -0.2) is 0 Å². The van der Waals surface area contributed by atoms with E-state index >= 15 is 0 Å². The Morgan fingerprint density at radius 2 is 1.48 bits per heavy atom. The lowest BCUT2D eigenvalue weighted by Gasteiger charge is -2.54. The summed E-state index contributed by atoms with van der Waals surface area (Å²) >= 11 is 0. The number of hydrogen-bond acceptors (Lipinski definition) is 8. The summed E-state index contributed by atoms with van der Waals surface area (Å²) in [6.45, 7) is 18.2. The van der Waals surface area contributed by atoms with E-state index < -0.39 is 5.60 Å². The average molecular weight is 577 g/mol. The number of pyridine rings is 2. The summed E-state index contributed by atoms with van der Waals surface area (Å²) in [6, 6.07) is 9.42. The number of aromatic nitrogens is 2. The van der Waals surface area contributed by atoms with Gasteiger partial charge in [0.05, 0.1) is 42.1 Å². The Balaban J connectivity index is 0.953. The highest BCUT2D eigenvalue weighted by molar-refractivity contribution is 5.46. The third kappa shape index (κ3) is 6.62. The molecule has 2 aromatic heterocycles. The highest BCUT2D eigenvalue weighted by Gasteiger charge is 2.49. The second kappa shape index (κ2) is 12.8. The number of hydrogen-bond donors (Lipinski definition) is 1. The fourth-order valence-electron chi connectivity index (χ4n) is 7.58. The van der Waals surface area contributed by atoms with Crippen LogP contribution in [-0.2, 0) is 4.74 Å². The molecule has 0 amide bonds. The van der Waals surface area contributed by atoms with Crippen LogP contribution in [0.5, 0.6) is 0 Å². The van der Waals surface area contributed by atoms with Crippen LogP contribution in [0.3, 0.4) is 0 Å². The molecule has 1 N–H and O–H groups in total. The first kappa shape index (κ1) is 29.8. The van der Waals surface area contributed by atoms with E-state index in [2.05, 4.69) is 87.7 Å². The van der Waals surface area contributed by atoms with Gasteiger partial charge in [0.2, 0.25) is 0 Å². The van der Waals surface area contributed by atoms with Gasteiger partial charge in [-0.3, -0.25) is 19.8 Å². The van der Waals surface area contributed by atoms with Crippen molar-refractivity contribution in [1.82, 2.24) is 19.8 Å². The summed E-state index contributed by atoms with van der Waals surface area (Å²) in [5, 5.41) is 11.6. The second-order valence-corrected chi connectivity index (χ2v) is 14.0. The molecule has 8 nitrogen and oxygen atoms in total. The van der Waals surface area contributed by atoms with Gasteiger partial charge in [0.1, 0.15) is 0 Å². The first-order valence-corrected chi connectivity index (χ1v) is 16.5. The van der Waals surface area contributed by atoms with E-state index in [-0.39, 0.29) is 6.10 Å². The number of anilines is 2. The van der Waals surface area contributed by atoms with Crippen molar-refractivity contribution in [1.29, 1.82) is 0 Å². The smallest absolute Gasteiger partial charge is 0.0944 e. The number of β-amino-alcohol motifs (C(OH)–C–C–N with tert-alkyl or cyclic N) is 1. The summed E-state index contributed by atoms with van der Waals surface area (Å²) < 4.78 is 6.24. The van der Waals surface area contributed by atoms with Crippen molar-refractivity contribution in [3.63, 3.8) is 0 Å². The molecule has 0 radical (unpaired) electrons. The monoisotopic (exact) mass is 576 g/mol. The molecule has 230 valence electrons. The van der Waals surface area contributed by atoms with Gasteiger partial charge < -0.3 is 19.6 Å². The van der Waals surface area contributed by atoms with E-state index in [9.17, 15) is 5.11 Å². The molecule has 0 bridgehead atoms. The van der Waals surface area contributed by atoms with Gasteiger partial charge in [-0.2, -0.15) is 0 Å². The number of rotatable bonds is 8. The van der Waals surface area contributed by atoms with Crippen LogP contribution in [0.25, 0.3) is 0 Å². The van der Waals surface area contributed by atoms with Gasteiger partial charge >= 0.3 is 0 Å². The molecule has 4 aliphatic rings. The van der Waals surface area contributed by atoms with Crippen molar-refractivity contribution < 1.29 is 9.84 Å². The van der Waals surface area contributed by atoms with Gasteiger partial charge in [0.25, 0.3) is 0 Å². The van der Waals surface area contributed by atoms with Crippen molar-refractivity contribution >= 4 is 11.4 Å². The van der Waals surface area contributed by atoms with Gasteiger partial charge in [0.15, 0.2) is 0 Å². The van der Waals surface area contributed by atoms with E-state index in [0.717, 1.165) is 84.0 Å². The van der Waals surface area contributed by atoms with Gasteiger partial charge in [0, 0.05) is 82.3 Å². The van der Waals surface area contributed by atoms with E-state index in [0.29, 0.717) is 23.8 Å². The Morgan fingerprint density at radius 3 is 2.07 bits per heavy atom. The van der Waals surface area contributed by atoms with Gasteiger partial charge in [-0.05, 0) is 61.8 Å². The highest BCUT2D eigenvalue weighted by atomic mass is 16.5. The Morgan fingerprint density at radius 1 is 0.833 bits per heavy atom. The molecule has 6 heterocycles. The molecule has 0 saturated carbocycles. The molecule has 6 rings (SSSR count). The zero-order valence-electron chi connectivity index (χ0n) is 26.3. The summed E-state index contributed by atoms with van der Waals surface area (Å²) in [5.41, 5.74) is 4.16. The Labute approximate surface area is 253 Å². The number of morpholine rings is 1. The van der Waals surface area contributed by atoms with Gasteiger partial charge in [-0.1, -0.05) is 27.7 Å². The van der Waals surface area contributed by atoms with Crippen molar-refractivity contribution in [2.75, 3.05) is 75.3 Å².